The molecule has 1 aliphatic carbocycles. The molecular weight excluding hydrogens is 208 g/mol. The van der Waals surface area contributed by atoms with E-state index in [1.807, 2.05) is 16.8 Å². The Morgan fingerprint density at radius 1 is 1.60 bits per heavy atom. The molecule has 1 heterocycles. The van der Waals surface area contributed by atoms with Crippen molar-refractivity contribution in [2.45, 2.75) is 37.8 Å². The number of carbonyl (C=O) groups is 1. The van der Waals surface area contributed by atoms with Crippen LogP contribution in [0.1, 0.15) is 24.8 Å². The molecule has 1 aromatic rings. The highest BCUT2D eigenvalue weighted by molar-refractivity contribution is 7.07. The summed E-state index contributed by atoms with van der Waals surface area (Å²) in [5.41, 5.74) is 6.98. The lowest BCUT2D eigenvalue weighted by molar-refractivity contribution is -0.121. The zero-order valence-corrected chi connectivity index (χ0v) is 9.43. The Morgan fingerprint density at radius 2 is 2.47 bits per heavy atom. The lowest BCUT2D eigenvalue weighted by Crippen LogP contribution is -2.44. The maximum atomic E-state index is 11.6. The van der Waals surface area contributed by atoms with E-state index >= 15 is 0 Å². The molecule has 1 saturated carbocycles. The molecule has 0 radical (unpaired) electrons. The van der Waals surface area contributed by atoms with Crippen LogP contribution in [-0.4, -0.2) is 18.0 Å². The van der Waals surface area contributed by atoms with Crippen LogP contribution >= 0.6 is 11.3 Å². The van der Waals surface area contributed by atoms with Crippen LogP contribution in [-0.2, 0) is 11.2 Å². The van der Waals surface area contributed by atoms with Gasteiger partial charge in [0.25, 0.3) is 0 Å². The monoisotopic (exact) mass is 224 g/mol. The van der Waals surface area contributed by atoms with Crippen LogP contribution in [0.5, 0.6) is 0 Å². The molecule has 0 bridgehead atoms. The van der Waals surface area contributed by atoms with E-state index in [2.05, 4.69) is 5.32 Å². The molecule has 2 atom stereocenters. The summed E-state index contributed by atoms with van der Waals surface area (Å²) in [7, 11) is 0. The van der Waals surface area contributed by atoms with Crippen LogP contribution in [0.25, 0.3) is 0 Å². The largest absolute Gasteiger partial charge is 0.352 e. The van der Waals surface area contributed by atoms with Gasteiger partial charge in [0.15, 0.2) is 0 Å². The summed E-state index contributed by atoms with van der Waals surface area (Å²) in [5, 5.41) is 7.01. The van der Waals surface area contributed by atoms with Crippen molar-refractivity contribution in [1.82, 2.24) is 5.32 Å². The minimum Gasteiger partial charge on any atom is -0.352 e. The lowest BCUT2D eigenvalue weighted by Gasteiger charge is -2.16. The molecule has 1 aliphatic rings. The molecule has 0 spiro atoms. The van der Waals surface area contributed by atoms with Gasteiger partial charge in [0.1, 0.15) is 0 Å². The van der Waals surface area contributed by atoms with Crippen molar-refractivity contribution in [2.24, 2.45) is 5.73 Å². The summed E-state index contributed by atoms with van der Waals surface area (Å²) in [6, 6.07) is 2.33. The van der Waals surface area contributed by atoms with Crippen LogP contribution in [0.2, 0.25) is 0 Å². The standard InChI is InChI=1S/C11H16N2OS/c12-9-2-1-3-10(9)13-11(14)6-8-4-5-15-7-8/h4-5,7,9-10H,1-3,6,12H2,(H,13,14). The molecule has 3 N–H and O–H groups in total. The average molecular weight is 224 g/mol. The summed E-state index contributed by atoms with van der Waals surface area (Å²) in [4.78, 5) is 11.6. The minimum absolute atomic E-state index is 0.0933. The van der Waals surface area contributed by atoms with Gasteiger partial charge in [0.2, 0.25) is 5.91 Å². The molecule has 82 valence electrons. The summed E-state index contributed by atoms with van der Waals surface area (Å²) in [5.74, 6) is 0.0933. The first-order chi connectivity index (χ1) is 7.25. The van der Waals surface area contributed by atoms with Gasteiger partial charge in [-0.3, -0.25) is 4.79 Å². The minimum atomic E-state index is 0.0933. The van der Waals surface area contributed by atoms with Crippen molar-refractivity contribution < 1.29 is 4.79 Å². The molecular formula is C11H16N2OS. The molecule has 1 amide bonds. The molecule has 0 saturated heterocycles. The van der Waals surface area contributed by atoms with Gasteiger partial charge in [0.05, 0.1) is 6.42 Å². The summed E-state index contributed by atoms with van der Waals surface area (Å²) >= 11 is 1.62. The normalized spacial score (nSPS) is 25.4. The maximum Gasteiger partial charge on any atom is 0.224 e. The van der Waals surface area contributed by atoms with Gasteiger partial charge in [-0.2, -0.15) is 11.3 Å². The van der Waals surface area contributed by atoms with Crippen molar-refractivity contribution in [3.63, 3.8) is 0 Å². The molecule has 2 unspecified atom stereocenters. The Balaban J connectivity index is 1.82. The third-order valence-electron chi connectivity index (χ3n) is 2.86. The number of hydrogen-bond donors (Lipinski definition) is 2. The molecule has 1 fully saturated rings. The van der Waals surface area contributed by atoms with E-state index < -0.39 is 0 Å². The molecule has 1 aromatic heterocycles. The number of thiophene rings is 1. The maximum absolute atomic E-state index is 11.6. The molecule has 2 rings (SSSR count). The highest BCUT2D eigenvalue weighted by atomic mass is 32.1. The number of rotatable bonds is 3. The van der Waals surface area contributed by atoms with Crippen molar-refractivity contribution >= 4 is 17.2 Å². The van der Waals surface area contributed by atoms with Crippen LogP contribution < -0.4 is 11.1 Å². The lowest BCUT2D eigenvalue weighted by atomic mass is 10.1. The second-order valence-electron chi connectivity index (χ2n) is 4.08. The average Bonchev–Trinajstić information content (AvgIpc) is 2.79. The van der Waals surface area contributed by atoms with E-state index in [1.165, 1.54) is 0 Å². The Bertz CT molecular complexity index is 323. The van der Waals surface area contributed by atoms with Gasteiger partial charge in [-0.25, -0.2) is 0 Å². The van der Waals surface area contributed by atoms with E-state index in [-0.39, 0.29) is 18.0 Å². The third-order valence-corrected chi connectivity index (χ3v) is 3.59. The smallest absolute Gasteiger partial charge is 0.224 e. The quantitative estimate of drug-likeness (QED) is 0.812. The Hall–Kier alpha value is -0.870. The first kappa shape index (κ1) is 10.6. The summed E-state index contributed by atoms with van der Waals surface area (Å²) in [6.07, 6.45) is 3.66. The highest BCUT2D eigenvalue weighted by Crippen LogP contribution is 2.17. The van der Waals surface area contributed by atoms with Crippen LogP contribution in [0, 0.1) is 0 Å². The molecule has 3 nitrogen and oxygen atoms in total. The van der Waals surface area contributed by atoms with Gasteiger partial charge in [-0.05, 0) is 41.7 Å². The number of nitrogens with one attached hydrogen (secondary N) is 1. The van der Waals surface area contributed by atoms with Crippen molar-refractivity contribution in [2.75, 3.05) is 0 Å². The van der Waals surface area contributed by atoms with Gasteiger partial charge in [-0.15, -0.1) is 0 Å². The van der Waals surface area contributed by atoms with Crippen molar-refractivity contribution in [1.29, 1.82) is 0 Å². The van der Waals surface area contributed by atoms with E-state index in [9.17, 15) is 4.79 Å². The van der Waals surface area contributed by atoms with E-state index in [4.69, 9.17) is 5.73 Å². The third kappa shape index (κ3) is 2.79. The second kappa shape index (κ2) is 4.77. The Labute approximate surface area is 93.7 Å². The van der Waals surface area contributed by atoms with Crippen molar-refractivity contribution in [3.8, 4) is 0 Å². The molecule has 0 aliphatic heterocycles. The predicted octanol–water partition coefficient (Wildman–Crippen LogP) is 1.29. The fourth-order valence-corrected chi connectivity index (χ4v) is 2.67. The van der Waals surface area contributed by atoms with Crippen LogP contribution in [0.4, 0.5) is 0 Å². The Morgan fingerprint density at radius 3 is 3.07 bits per heavy atom. The fourth-order valence-electron chi connectivity index (χ4n) is 2.00. The van der Waals surface area contributed by atoms with Crippen molar-refractivity contribution in [3.05, 3.63) is 22.4 Å². The SMILES string of the molecule is NC1CCCC1NC(=O)Cc1ccsc1. The van der Waals surface area contributed by atoms with Crippen LogP contribution in [0.15, 0.2) is 16.8 Å². The van der Waals surface area contributed by atoms with Gasteiger partial charge >= 0.3 is 0 Å². The Kier molecular flexibility index (Phi) is 3.38. The first-order valence-corrected chi connectivity index (χ1v) is 6.26. The van der Waals surface area contributed by atoms with Gasteiger partial charge < -0.3 is 11.1 Å². The number of amides is 1. The van der Waals surface area contributed by atoms with E-state index in [0.717, 1.165) is 24.8 Å². The van der Waals surface area contributed by atoms with Gasteiger partial charge in [0, 0.05) is 12.1 Å². The zero-order chi connectivity index (χ0) is 10.7. The van der Waals surface area contributed by atoms with Crippen LogP contribution in [0.3, 0.4) is 0 Å². The topological polar surface area (TPSA) is 55.1 Å². The summed E-state index contributed by atoms with van der Waals surface area (Å²) in [6.45, 7) is 0. The number of carbonyl (C=O) groups excluding carboxylic acids is 1. The van der Waals surface area contributed by atoms with Gasteiger partial charge in [-0.1, -0.05) is 0 Å². The molecule has 4 heteroatoms. The van der Waals surface area contributed by atoms with E-state index in [1.54, 1.807) is 11.3 Å². The predicted molar refractivity (Wildman–Crippen MR) is 61.8 cm³/mol. The molecule has 15 heavy (non-hydrogen) atoms. The second-order valence-corrected chi connectivity index (χ2v) is 4.86. The molecule has 0 aromatic carbocycles. The first-order valence-electron chi connectivity index (χ1n) is 5.32. The highest BCUT2D eigenvalue weighted by Gasteiger charge is 2.24. The fraction of sp³-hybridized carbons (Fsp3) is 0.545. The zero-order valence-electron chi connectivity index (χ0n) is 8.61. The number of hydrogen-bond acceptors (Lipinski definition) is 3. The summed E-state index contributed by atoms with van der Waals surface area (Å²) < 4.78 is 0. The number of nitrogens with two attached hydrogens (primary N) is 1. The van der Waals surface area contributed by atoms with E-state index in [0.29, 0.717) is 6.42 Å².